The van der Waals surface area contributed by atoms with E-state index in [9.17, 15) is 8.78 Å². The van der Waals surface area contributed by atoms with Gasteiger partial charge in [0.2, 0.25) is 0 Å². The van der Waals surface area contributed by atoms with Crippen LogP contribution in [0.1, 0.15) is 19.4 Å². The first-order valence-electron chi connectivity index (χ1n) is 4.72. The van der Waals surface area contributed by atoms with Gasteiger partial charge in [-0.25, -0.2) is 0 Å². The molecule has 0 amide bonds. The zero-order valence-corrected chi connectivity index (χ0v) is 10.1. The smallest absolute Gasteiger partial charge is 0.387 e. The van der Waals surface area contributed by atoms with Crippen LogP contribution in [0.25, 0.3) is 0 Å². The van der Waals surface area contributed by atoms with Gasteiger partial charge in [0, 0.05) is 17.5 Å². The van der Waals surface area contributed by atoms with E-state index in [-0.39, 0.29) is 23.6 Å². The van der Waals surface area contributed by atoms with Crippen LogP contribution in [0.4, 0.5) is 8.78 Å². The maximum atomic E-state index is 12.1. The number of hydrogen-bond acceptors (Lipinski definition) is 2. The van der Waals surface area contributed by atoms with E-state index >= 15 is 0 Å². The minimum Gasteiger partial charge on any atom is -0.435 e. The number of benzene rings is 1. The average molecular weight is 252 g/mol. The number of hydrogen-bond donors (Lipinski definition) is 1. The lowest BCUT2D eigenvalue weighted by molar-refractivity contribution is -0.0509. The maximum Gasteiger partial charge on any atom is 0.387 e. The fraction of sp³-hybridized carbons (Fsp3) is 0.455. The number of ether oxygens (including phenoxy) is 1. The van der Waals surface area contributed by atoms with Gasteiger partial charge in [0.1, 0.15) is 5.75 Å². The summed E-state index contributed by atoms with van der Waals surface area (Å²) in [6.45, 7) is 1.34. The monoisotopic (exact) mass is 251 g/mol. The molecular formula is C11H16ClF2NO. The average Bonchev–Trinajstić information content (AvgIpc) is 2.17. The highest BCUT2D eigenvalue weighted by Gasteiger charge is 2.23. The van der Waals surface area contributed by atoms with Crippen LogP contribution in [0, 0.1) is 0 Å². The molecule has 0 spiro atoms. The Morgan fingerprint density at radius 1 is 1.31 bits per heavy atom. The molecule has 1 aromatic carbocycles. The number of nitrogens with two attached hydrogens (primary N) is 1. The van der Waals surface area contributed by atoms with Gasteiger partial charge in [-0.2, -0.15) is 8.78 Å². The number of halogens is 3. The normalized spacial score (nSPS) is 11.1. The Labute approximate surface area is 100 Å². The molecule has 0 saturated heterocycles. The molecule has 0 radical (unpaired) electrons. The molecule has 0 aliphatic rings. The van der Waals surface area contributed by atoms with Crippen molar-refractivity contribution in [3.8, 4) is 5.75 Å². The van der Waals surface area contributed by atoms with E-state index in [1.54, 1.807) is 18.2 Å². The Bertz CT molecular complexity index is 332. The van der Waals surface area contributed by atoms with Crippen molar-refractivity contribution in [1.82, 2.24) is 0 Å². The van der Waals surface area contributed by atoms with Crippen molar-refractivity contribution >= 4 is 12.4 Å². The van der Waals surface area contributed by atoms with E-state index in [0.29, 0.717) is 12.1 Å². The molecule has 5 heteroatoms. The molecule has 16 heavy (non-hydrogen) atoms. The number of rotatable bonds is 4. The van der Waals surface area contributed by atoms with Crippen molar-refractivity contribution in [3.05, 3.63) is 29.8 Å². The van der Waals surface area contributed by atoms with Crippen molar-refractivity contribution in [1.29, 1.82) is 0 Å². The highest BCUT2D eigenvalue weighted by Crippen LogP contribution is 2.31. The minimum atomic E-state index is -2.81. The fourth-order valence-corrected chi connectivity index (χ4v) is 1.33. The first-order valence-corrected chi connectivity index (χ1v) is 4.72. The van der Waals surface area contributed by atoms with Crippen molar-refractivity contribution < 1.29 is 13.5 Å². The zero-order valence-electron chi connectivity index (χ0n) is 9.24. The van der Waals surface area contributed by atoms with Crippen molar-refractivity contribution in [3.63, 3.8) is 0 Å². The fourth-order valence-electron chi connectivity index (χ4n) is 1.33. The van der Waals surface area contributed by atoms with Gasteiger partial charge in [-0.05, 0) is 6.07 Å². The third kappa shape index (κ3) is 3.61. The molecule has 0 heterocycles. The lowest BCUT2D eigenvalue weighted by Crippen LogP contribution is -2.29. The largest absolute Gasteiger partial charge is 0.435 e. The van der Waals surface area contributed by atoms with Gasteiger partial charge < -0.3 is 10.5 Å². The number of alkyl halides is 2. The van der Waals surface area contributed by atoms with Crippen LogP contribution in [0.5, 0.6) is 5.75 Å². The SMILES string of the molecule is CC(C)(CN)c1ccccc1OC(F)F.Cl. The van der Waals surface area contributed by atoms with Gasteiger partial charge in [0.15, 0.2) is 0 Å². The van der Waals surface area contributed by atoms with Crippen LogP contribution in [0.15, 0.2) is 24.3 Å². The van der Waals surface area contributed by atoms with Gasteiger partial charge in [-0.3, -0.25) is 0 Å². The zero-order chi connectivity index (χ0) is 11.5. The predicted molar refractivity (Wildman–Crippen MR) is 62.4 cm³/mol. The van der Waals surface area contributed by atoms with Crippen LogP contribution < -0.4 is 10.5 Å². The Kier molecular flexibility index (Phi) is 5.68. The Morgan fingerprint density at radius 3 is 2.38 bits per heavy atom. The second-order valence-electron chi connectivity index (χ2n) is 3.96. The molecular weight excluding hydrogens is 236 g/mol. The minimum absolute atomic E-state index is 0. The van der Waals surface area contributed by atoms with E-state index in [0.717, 1.165) is 0 Å². The summed E-state index contributed by atoms with van der Waals surface area (Å²) in [4.78, 5) is 0. The molecule has 1 rings (SSSR count). The Hall–Kier alpha value is -0.870. The van der Waals surface area contributed by atoms with Crippen LogP contribution >= 0.6 is 12.4 Å². The summed E-state index contributed by atoms with van der Waals surface area (Å²) in [7, 11) is 0. The standard InChI is InChI=1S/C11H15F2NO.ClH/c1-11(2,7-14)8-5-3-4-6-9(8)15-10(12)13;/h3-6,10H,7,14H2,1-2H3;1H. The molecule has 0 atom stereocenters. The summed E-state index contributed by atoms with van der Waals surface area (Å²) in [5.41, 5.74) is 5.93. The summed E-state index contributed by atoms with van der Waals surface area (Å²) in [6, 6.07) is 6.72. The predicted octanol–water partition coefficient (Wildman–Crippen LogP) is 2.95. The molecule has 0 aliphatic heterocycles. The summed E-state index contributed by atoms with van der Waals surface area (Å²) in [5.74, 6) is 0.197. The molecule has 0 bridgehead atoms. The highest BCUT2D eigenvalue weighted by molar-refractivity contribution is 5.85. The summed E-state index contributed by atoms with van der Waals surface area (Å²) >= 11 is 0. The first kappa shape index (κ1) is 15.1. The van der Waals surface area contributed by atoms with Gasteiger partial charge in [-0.1, -0.05) is 32.0 Å². The lowest BCUT2D eigenvalue weighted by Gasteiger charge is -2.25. The summed E-state index contributed by atoms with van der Waals surface area (Å²) in [6.07, 6.45) is 0. The summed E-state index contributed by atoms with van der Waals surface area (Å²) < 4.78 is 28.7. The van der Waals surface area contributed by atoms with Crippen LogP contribution in [-0.4, -0.2) is 13.2 Å². The van der Waals surface area contributed by atoms with E-state index in [1.807, 2.05) is 13.8 Å². The van der Waals surface area contributed by atoms with E-state index in [4.69, 9.17) is 5.73 Å². The second kappa shape index (κ2) is 6.01. The lowest BCUT2D eigenvalue weighted by atomic mass is 9.84. The van der Waals surface area contributed by atoms with Crippen molar-refractivity contribution in [2.75, 3.05) is 6.54 Å². The molecule has 0 aliphatic carbocycles. The Morgan fingerprint density at radius 2 is 1.88 bits per heavy atom. The van der Waals surface area contributed by atoms with Gasteiger partial charge in [0.05, 0.1) is 0 Å². The Balaban J connectivity index is 0.00000225. The van der Waals surface area contributed by atoms with Crippen molar-refractivity contribution in [2.45, 2.75) is 25.9 Å². The molecule has 0 aromatic heterocycles. The molecule has 0 fully saturated rings. The topological polar surface area (TPSA) is 35.2 Å². The highest BCUT2D eigenvalue weighted by atomic mass is 35.5. The summed E-state index contributed by atoms with van der Waals surface area (Å²) in [5, 5.41) is 0. The number of para-hydroxylation sites is 1. The molecule has 0 unspecified atom stereocenters. The second-order valence-corrected chi connectivity index (χ2v) is 3.96. The van der Waals surface area contributed by atoms with Gasteiger partial charge in [0.25, 0.3) is 0 Å². The first-order chi connectivity index (χ1) is 6.97. The molecule has 92 valence electrons. The molecule has 2 nitrogen and oxygen atoms in total. The van der Waals surface area contributed by atoms with E-state index in [2.05, 4.69) is 4.74 Å². The molecule has 1 aromatic rings. The van der Waals surface area contributed by atoms with Crippen LogP contribution in [0.3, 0.4) is 0 Å². The van der Waals surface area contributed by atoms with Gasteiger partial charge >= 0.3 is 6.61 Å². The maximum absolute atomic E-state index is 12.1. The van der Waals surface area contributed by atoms with Crippen LogP contribution in [-0.2, 0) is 5.41 Å². The van der Waals surface area contributed by atoms with Gasteiger partial charge in [-0.15, -0.1) is 12.4 Å². The van der Waals surface area contributed by atoms with E-state index < -0.39 is 6.61 Å². The van der Waals surface area contributed by atoms with Crippen LogP contribution in [0.2, 0.25) is 0 Å². The third-order valence-electron chi connectivity index (χ3n) is 2.34. The third-order valence-corrected chi connectivity index (χ3v) is 2.34. The molecule has 0 saturated carbocycles. The molecule has 2 N–H and O–H groups in total. The quantitative estimate of drug-likeness (QED) is 0.893. The van der Waals surface area contributed by atoms with E-state index in [1.165, 1.54) is 6.07 Å². The van der Waals surface area contributed by atoms with Crippen molar-refractivity contribution in [2.24, 2.45) is 5.73 Å².